The lowest BCUT2D eigenvalue weighted by Gasteiger charge is -2.07. The van der Waals surface area contributed by atoms with Crippen molar-refractivity contribution >= 4 is 5.57 Å². The van der Waals surface area contributed by atoms with Gasteiger partial charge in [-0.2, -0.15) is 0 Å². The van der Waals surface area contributed by atoms with E-state index in [-0.39, 0.29) is 0 Å². The lowest BCUT2D eigenvalue weighted by Crippen LogP contribution is -1.97. The molecule has 0 N–H and O–H groups in total. The van der Waals surface area contributed by atoms with Crippen LogP contribution in [0, 0.1) is 6.92 Å². The smallest absolute Gasteiger partial charge is 0.160 e. The van der Waals surface area contributed by atoms with Gasteiger partial charge < -0.3 is 0 Å². The molecule has 2 aromatic rings. The molecular weight excluding hydrogens is 268 g/mol. The van der Waals surface area contributed by atoms with E-state index in [1.165, 1.54) is 0 Å². The maximum Gasteiger partial charge on any atom is 0.160 e. The van der Waals surface area contributed by atoms with Gasteiger partial charge in [0.2, 0.25) is 0 Å². The van der Waals surface area contributed by atoms with Crippen LogP contribution in [0.5, 0.6) is 0 Å². The average Bonchev–Trinajstić information content (AvgIpc) is 2.58. The average molecular weight is 294 g/mol. The fourth-order valence-corrected chi connectivity index (χ4v) is 2.01. The van der Waals surface area contributed by atoms with Gasteiger partial charge in [0.25, 0.3) is 0 Å². The van der Waals surface area contributed by atoms with Crippen molar-refractivity contribution < 1.29 is 0 Å². The van der Waals surface area contributed by atoms with Gasteiger partial charge in [-0.15, -0.1) is 0 Å². The molecule has 116 valence electrons. The summed E-state index contributed by atoms with van der Waals surface area (Å²) in [5.74, 6) is 0.782. The highest BCUT2D eigenvalue weighted by molar-refractivity contribution is 5.72. The first kappa shape index (κ1) is 17.8. The largest absolute Gasteiger partial charge is 0.233 e. The monoisotopic (exact) mass is 294 g/mol. The molecule has 2 nitrogen and oxygen atoms in total. The van der Waals surface area contributed by atoms with E-state index in [2.05, 4.69) is 30.1 Å². The standard InChI is InChI=1S/C18H20N2.C2H6/c1-4-6-10-15(5-2)17-13-14(3)19-18(20-17)16-11-8-7-9-12-16;1-2/h5-13H,4H2,1-3H3;1-2H3/b10-6-,15-5+;. The van der Waals surface area contributed by atoms with Gasteiger partial charge in [-0.1, -0.05) is 69.3 Å². The van der Waals surface area contributed by atoms with Crippen molar-refractivity contribution in [3.63, 3.8) is 0 Å². The third kappa shape index (κ3) is 4.96. The molecule has 0 unspecified atom stereocenters. The summed E-state index contributed by atoms with van der Waals surface area (Å²) >= 11 is 0. The van der Waals surface area contributed by atoms with Gasteiger partial charge in [0.1, 0.15) is 0 Å². The molecule has 0 bridgehead atoms. The molecule has 0 saturated heterocycles. The lowest BCUT2D eigenvalue weighted by molar-refractivity contribution is 1.09. The van der Waals surface area contributed by atoms with Crippen LogP contribution in [0.4, 0.5) is 0 Å². The van der Waals surface area contributed by atoms with Gasteiger partial charge in [0.15, 0.2) is 5.82 Å². The van der Waals surface area contributed by atoms with Crippen molar-refractivity contribution in [3.05, 3.63) is 66.0 Å². The lowest BCUT2D eigenvalue weighted by atomic mass is 10.1. The number of nitrogens with zero attached hydrogens (tertiary/aromatic N) is 2. The van der Waals surface area contributed by atoms with Crippen molar-refractivity contribution in [1.29, 1.82) is 0 Å². The van der Waals surface area contributed by atoms with Gasteiger partial charge in [0, 0.05) is 11.3 Å². The first-order valence-electron chi connectivity index (χ1n) is 7.99. The fourth-order valence-electron chi connectivity index (χ4n) is 2.01. The molecule has 0 aliphatic rings. The van der Waals surface area contributed by atoms with Crippen LogP contribution in [0.25, 0.3) is 17.0 Å². The van der Waals surface area contributed by atoms with E-state index in [0.29, 0.717) is 0 Å². The summed E-state index contributed by atoms with van der Waals surface area (Å²) < 4.78 is 0. The Labute approximate surface area is 134 Å². The van der Waals surface area contributed by atoms with Crippen molar-refractivity contribution in [1.82, 2.24) is 9.97 Å². The zero-order valence-electron chi connectivity index (χ0n) is 14.3. The van der Waals surface area contributed by atoms with Crippen LogP contribution < -0.4 is 0 Å². The first-order valence-corrected chi connectivity index (χ1v) is 7.99. The van der Waals surface area contributed by atoms with Crippen molar-refractivity contribution in [3.8, 4) is 11.4 Å². The molecule has 22 heavy (non-hydrogen) atoms. The number of rotatable bonds is 4. The van der Waals surface area contributed by atoms with Crippen molar-refractivity contribution in [2.24, 2.45) is 0 Å². The van der Waals surface area contributed by atoms with E-state index in [0.717, 1.165) is 34.8 Å². The zero-order valence-corrected chi connectivity index (χ0v) is 14.3. The highest BCUT2D eigenvalue weighted by Crippen LogP contribution is 2.20. The third-order valence-corrected chi connectivity index (χ3v) is 3.03. The van der Waals surface area contributed by atoms with Gasteiger partial charge >= 0.3 is 0 Å². The number of allylic oxidation sites excluding steroid dienone is 4. The Morgan fingerprint density at radius 3 is 2.36 bits per heavy atom. The maximum atomic E-state index is 4.70. The molecular formula is C20H26N2. The minimum absolute atomic E-state index is 0.782. The van der Waals surface area contributed by atoms with Crippen molar-refractivity contribution in [2.45, 2.75) is 41.0 Å². The number of aromatic nitrogens is 2. The Morgan fingerprint density at radius 2 is 1.77 bits per heavy atom. The topological polar surface area (TPSA) is 25.8 Å². The number of benzene rings is 1. The van der Waals surface area contributed by atoms with Crippen LogP contribution in [-0.2, 0) is 0 Å². The summed E-state index contributed by atoms with van der Waals surface area (Å²) in [6, 6.07) is 12.1. The van der Waals surface area contributed by atoms with Gasteiger partial charge in [0.05, 0.1) is 5.69 Å². The Bertz CT molecular complexity index is 625. The first-order chi connectivity index (χ1) is 10.7. The molecule has 0 aliphatic heterocycles. The van der Waals surface area contributed by atoms with Gasteiger partial charge in [-0.3, -0.25) is 0 Å². The molecule has 0 fully saturated rings. The van der Waals surface area contributed by atoms with E-state index in [9.17, 15) is 0 Å². The van der Waals surface area contributed by atoms with Crippen LogP contribution >= 0.6 is 0 Å². The summed E-state index contributed by atoms with van der Waals surface area (Å²) in [6.45, 7) is 10.2. The molecule has 0 radical (unpaired) electrons. The van der Waals surface area contributed by atoms with Crippen LogP contribution in [-0.4, -0.2) is 9.97 Å². The summed E-state index contributed by atoms with van der Waals surface area (Å²) in [5.41, 5.74) is 4.14. The summed E-state index contributed by atoms with van der Waals surface area (Å²) in [7, 11) is 0. The Morgan fingerprint density at radius 1 is 1.09 bits per heavy atom. The predicted molar refractivity (Wildman–Crippen MR) is 96.6 cm³/mol. The molecule has 1 aromatic heterocycles. The van der Waals surface area contributed by atoms with E-state index in [1.54, 1.807) is 0 Å². The molecule has 1 aromatic carbocycles. The van der Waals surface area contributed by atoms with Crippen LogP contribution in [0.3, 0.4) is 0 Å². The Balaban J connectivity index is 0.00000116. The second kappa shape index (κ2) is 9.67. The van der Waals surface area contributed by atoms with Gasteiger partial charge in [-0.05, 0) is 31.9 Å². The molecule has 0 saturated carbocycles. The molecule has 0 aliphatic carbocycles. The summed E-state index contributed by atoms with van der Waals surface area (Å²) in [6.07, 6.45) is 7.38. The van der Waals surface area contributed by atoms with E-state index in [4.69, 9.17) is 4.98 Å². The van der Waals surface area contributed by atoms with Crippen LogP contribution in [0.15, 0.2) is 54.6 Å². The molecule has 1 heterocycles. The quantitative estimate of drug-likeness (QED) is 0.661. The molecule has 2 heteroatoms. The van der Waals surface area contributed by atoms with E-state index >= 15 is 0 Å². The SMILES string of the molecule is C/C=C(\C=C/CC)c1cc(C)nc(-c2ccccc2)n1.CC. The van der Waals surface area contributed by atoms with Gasteiger partial charge in [-0.25, -0.2) is 9.97 Å². The molecule has 2 rings (SSSR count). The zero-order chi connectivity index (χ0) is 16.4. The number of hydrogen-bond donors (Lipinski definition) is 0. The highest BCUT2D eigenvalue weighted by atomic mass is 14.9. The minimum Gasteiger partial charge on any atom is -0.233 e. The summed E-state index contributed by atoms with van der Waals surface area (Å²) in [5, 5.41) is 0. The number of aryl methyl sites for hydroxylation is 1. The van der Waals surface area contributed by atoms with E-state index in [1.807, 2.05) is 64.1 Å². The van der Waals surface area contributed by atoms with Crippen LogP contribution in [0.1, 0.15) is 45.5 Å². The molecule has 0 spiro atoms. The van der Waals surface area contributed by atoms with E-state index < -0.39 is 0 Å². The normalized spacial score (nSPS) is 11.2. The Hall–Kier alpha value is -2.22. The fraction of sp³-hybridized carbons (Fsp3) is 0.300. The maximum absolute atomic E-state index is 4.70. The minimum atomic E-state index is 0.782. The van der Waals surface area contributed by atoms with Crippen molar-refractivity contribution in [2.75, 3.05) is 0 Å². The second-order valence-electron chi connectivity index (χ2n) is 4.64. The summed E-state index contributed by atoms with van der Waals surface area (Å²) in [4.78, 5) is 9.24. The molecule has 0 atom stereocenters. The number of hydrogen-bond acceptors (Lipinski definition) is 2. The highest BCUT2D eigenvalue weighted by Gasteiger charge is 2.06. The third-order valence-electron chi connectivity index (χ3n) is 3.03. The molecule has 0 amide bonds. The predicted octanol–water partition coefficient (Wildman–Crippen LogP) is 5.85. The van der Waals surface area contributed by atoms with Crippen LogP contribution in [0.2, 0.25) is 0 Å². The second-order valence-corrected chi connectivity index (χ2v) is 4.64. The Kier molecular flexibility index (Phi) is 7.84.